The van der Waals surface area contributed by atoms with E-state index in [1.54, 1.807) is 13.0 Å². The topological polar surface area (TPSA) is 70.7 Å². The summed E-state index contributed by atoms with van der Waals surface area (Å²) >= 11 is 3.41. The van der Waals surface area contributed by atoms with Crippen molar-refractivity contribution >= 4 is 33.4 Å². The van der Waals surface area contributed by atoms with Gasteiger partial charge in [-0.05, 0) is 49.7 Å². The number of nitrogens with one attached hydrogen (secondary N) is 2. The molecular formula is C24H22BrN3O3. The molecule has 2 amide bonds. The maximum Gasteiger partial charge on any atom is 0.279 e. The van der Waals surface area contributed by atoms with Gasteiger partial charge in [-0.25, -0.2) is 5.01 Å². The van der Waals surface area contributed by atoms with Crippen LogP contribution >= 0.6 is 15.9 Å². The maximum absolute atomic E-state index is 13.3. The quantitative estimate of drug-likeness (QED) is 0.550. The zero-order valence-electron chi connectivity index (χ0n) is 17.1. The predicted molar refractivity (Wildman–Crippen MR) is 123 cm³/mol. The molecule has 1 aliphatic heterocycles. The van der Waals surface area contributed by atoms with Gasteiger partial charge in [-0.1, -0.05) is 64.0 Å². The molecule has 3 aromatic rings. The molecule has 7 heteroatoms. The molecule has 3 aromatic carbocycles. The largest absolute Gasteiger partial charge is 0.481 e. The van der Waals surface area contributed by atoms with Crippen molar-refractivity contribution in [2.75, 3.05) is 5.32 Å². The number of rotatable bonds is 5. The van der Waals surface area contributed by atoms with Crippen molar-refractivity contribution in [3.63, 3.8) is 0 Å². The number of anilines is 1. The van der Waals surface area contributed by atoms with Crippen LogP contribution < -0.4 is 15.5 Å². The van der Waals surface area contributed by atoms with E-state index in [4.69, 9.17) is 4.74 Å². The van der Waals surface area contributed by atoms with Crippen molar-refractivity contribution in [1.82, 2.24) is 10.4 Å². The Morgan fingerprint density at radius 2 is 1.81 bits per heavy atom. The monoisotopic (exact) mass is 479 g/mol. The predicted octanol–water partition coefficient (Wildman–Crippen LogP) is 4.82. The zero-order valence-corrected chi connectivity index (χ0v) is 18.7. The molecule has 0 saturated carbocycles. The van der Waals surface area contributed by atoms with Gasteiger partial charge in [0.05, 0.1) is 5.56 Å². The lowest BCUT2D eigenvalue weighted by atomic mass is 10.0. The Morgan fingerprint density at radius 1 is 1.10 bits per heavy atom. The summed E-state index contributed by atoms with van der Waals surface area (Å²) in [5, 5.41) is 4.67. The number of hydrogen-bond donors (Lipinski definition) is 2. The highest BCUT2D eigenvalue weighted by Crippen LogP contribution is 2.33. The van der Waals surface area contributed by atoms with Crippen molar-refractivity contribution in [1.29, 1.82) is 0 Å². The summed E-state index contributed by atoms with van der Waals surface area (Å²) in [7, 11) is 0. The van der Waals surface area contributed by atoms with E-state index >= 15 is 0 Å². The SMILES string of the molecule is Cc1ccc(OC(C)C(=O)NN2C(=O)c3cc(Br)ccc3NC2c2ccccc2)cc1. The lowest BCUT2D eigenvalue weighted by Crippen LogP contribution is -2.55. The summed E-state index contributed by atoms with van der Waals surface area (Å²) in [6.07, 6.45) is -1.35. The summed E-state index contributed by atoms with van der Waals surface area (Å²) in [5.41, 5.74) is 5.87. The van der Waals surface area contributed by atoms with Crippen LogP contribution in [0, 0.1) is 6.92 Å². The van der Waals surface area contributed by atoms with Crippen LogP contribution in [0.2, 0.25) is 0 Å². The van der Waals surface area contributed by atoms with Crippen LogP contribution in [-0.4, -0.2) is 22.9 Å². The molecule has 0 aliphatic carbocycles. The highest BCUT2D eigenvalue weighted by atomic mass is 79.9. The number of amides is 2. The third kappa shape index (κ3) is 4.56. The number of hydrogen-bond acceptors (Lipinski definition) is 4. The van der Waals surface area contributed by atoms with E-state index in [0.717, 1.165) is 15.6 Å². The normalized spacial score (nSPS) is 16.2. The number of carbonyl (C=O) groups is 2. The molecule has 4 rings (SSSR count). The highest BCUT2D eigenvalue weighted by Gasteiger charge is 2.35. The second-order valence-corrected chi connectivity index (χ2v) is 8.29. The summed E-state index contributed by atoms with van der Waals surface area (Å²) in [4.78, 5) is 26.2. The van der Waals surface area contributed by atoms with Gasteiger partial charge in [0.2, 0.25) is 0 Å². The van der Waals surface area contributed by atoms with Gasteiger partial charge >= 0.3 is 0 Å². The lowest BCUT2D eigenvalue weighted by molar-refractivity contribution is -0.132. The van der Waals surface area contributed by atoms with Crippen LogP contribution in [0.15, 0.2) is 77.3 Å². The maximum atomic E-state index is 13.3. The fourth-order valence-electron chi connectivity index (χ4n) is 3.35. The lowest BCUT2D eigenvalue weighted by Gasteiger charge is -2.38. The Balaban J connectivity index is 1.59. The van der Waals surface area contributed by atoms with Crippen LogP contribution in [0.5, 0.6) is 5.75 Å². The van der Waals surface area contributed by atoms with Crippen molar-refractivity contribution in [3.8, 4) is 5.75 Å². The van der Waals surface area contributed by atoms with E-state index < -0.39 is 18.2 Å². The van der Waals surface area contributed by atoms with Gasteiger partial charge in [-0.3, -0.25) is 15.0 Å². The molecule has 31 heavy (non-hydrogen) atoms. The Labute approximate surface area is 189 Å². The molecular weight excluding hydrogens is 458 g/mol. The van der Waals surface area contributed by atoms with Crippen molar-refractivity contribution < 1.29 is 14.3 Å². The highest BCUT2D eigenvalue weighted by molar-refractivity contribution is 9.10. The van der Waals surface area contributed by atoms with E-state index in [0.29, 0.717) is 17.0 Å². The van der Waals surface area contributed by atoms with Crippen molar-refractivity contribution in [2.45, 2.75) is 26.1 Å². The first-order valence-electron chi connectivity index (χ1n) is 9.91. The van der Waals surface area contributed by atoms with Gasteiger partial charge in [-0.2, -0.15) is 0 Å². The molecule has 0 saturated heterocycles. The van der Waals surface area contributed by atoms with Crippen LogP contribution in [0.3, 0.4) is 0 Å². The average Bonchev–Trinajstić information content (AvgIpc) is 2.78. The second-order valence-electron chi connectivity index (χ2n) is 7.37. The van der Waals surface area contributed by atoms with Crippen LogP contribution in [0.1, 0.15) is 34.6 Å². The first-order valence-corrected chi connectivity index (χ1v) is 10.7. The Bertz CT molecular complexity index is 1100. The standard InChI is InChI=1S/C24H22BrN3O3/c1-15-8-11-19(12-9-15)31-16(2)23(29)27-28-22(17-6-4-3-5-7-17)26-21-13-10-18(25)14-20(21)24(28)30/h3-14,16,22,26H,1-2H3,(H,27,29). The van der Waals surface area contributed by atoms with E-state index in [2.05, 4.69) is 26.7 Å². The van der Waals surface area contributed by atoms with Crippen LogP contribution in [-0.2, 0) is 4.79 Å². The molecule has 1 heterocycles. The molecule has 0 radical (unpaired) electrons. The molecule has 0 bridgehead atoms. The molecule has 1 aliphatic rings. The van der Waals surface area contributed by atoms with Gasteiger partial charge in [0.15, 0.2) is 6.10 Å². The first kappa shape index (κ1) is 20.9. The molecule has 0 spiro atoms. The number of aryl methyl sites for hydroxylation is 1. The smallest absolute Gasteiger partial charge is 0.279 e. The van der Waals surface area contributed by atoms with Gasteiger partial charge in [-0.15, -0.1) is 0 Å². The summed E-state index contributed by atoms with van der Waals surface area (Å²) in [6, 6.07) is 22.4. The van der Waals surface area contributed by atoms with Gasteiger partial charge in [0.25, 0.3) is 11.8 Å². The van der Waals surface area contributed by atoms with Crippen LogP contribution in [0.25, 0.3) is 0 Å². The number of hydrazine groups is 1. The number of halogens is 1. The summed E-state index contributed by atoms with van der Waals surface area (Å²) in [5.74, 6) is -0.139. The summed E-state index contributed by atoms with van der Waals surface area (Å²) < 4.78 is 6.54. The average molecular weight is 480 g/mol. The first-order chi connectivity index (χ1) is 14.9. The van der Waals surface area contributed by atoms with Gasteiger partial charge in [0.1, 0.15) is 11.9 Å². The minimum absolute atomic E-state index is 0.306. The van der Waals surface area contributed by atoms with Crippen molar-refractivity contribution in [2.24, 2.45) is 0 Å². The van der Waals surface area contributed by atoms with Crippen LogP contribution in [0.4, 0.5) is 5.69 Å². The third-order valence-corrected chi connectivity index (χ3v) is 5.52. The zero-order chi connectivity index (χ0) is 22.0. The van der Waals surface area contributed by atoms with Gasteiger partial charge < -0.3 is 10.1 Å². The second kappa shape index (κ2) is 8.81. The Hall–Kier alpha value is -3.32. The number of fused-ring (bicyclic) bond motifs is 1. The molecule has 6 nitrogen and oxygen atoms in total. The minimum Gasteiger partial charge on any atom is -0.481 e. The third-order valence-electron chi connectivity index (χ3n) is 5.03. The molecule has 2 N–H and O–H groups in total. The Morgan fingerprint density at radius 3 is 2.52 bits per heavy atom. The molecule has 0 fully saturated rings. The number of nitrogens with zero attached hydrogens (tertiary/aromatic N) is 1. The van der Waals surface area contributed by atoms with E-state index in [-0.39, 0.29) is 5.91 Å². The number of ether oxygens (including phenoxy) is 1. The molecule has 2 atom stereocenters. The van der Waals surface area contributed by atoms with Crippen molar-refractivity contribution in [3.05, 3.63) is 94.0 Å². The van der Waals surface area contributed by atoms with E-state index in [1.807, 2.05) is 73.7 Å². The van der Waals surface area contributed by atoms with E-state index in [9.17, 15) is 9.59 Å². The fourth-order valence-corrected chi connectivity index (χ4v) is 3.71. The summed E-state index contributed by atoms with van der Waals surface area (Å²) in [6.45, 7) is 3.63. The molecule has 0 aromatic heterocycles. The molecule has 2 unspecified atom stereocenters. The fraction of sp³-hybridized carbons (Fsp3) is 0.167. The number of benzene rings is 3. The van der Waals surface area contributed by atoms with Gasteiger partial charge in [0, 0.05) is 10.2 Å². The minimum atomic E-state index is -0.796. The Kier molecular flexibility index (Phi) is 5.95. The van der Waals surface area contributed by atoms with E-state index in [1.165, 1.54) is 5.01 Å². The number of carbonyl (C=O) groups excluding carboxylic acids is 2. The molecule has 158 valence electrons.